The summed E-state index contributed by atoms with van der Waals surface area (Å²) in [5.74, 6) is 0.817. The van der Waals surface area contributed by atoms with E-state index in [1.165, 1.54) is 32.1 Å². The Morgan fingerprint density at radius 3 is 2.63 bits per heavy atom. The van der Waals surface area contributed by atoms with Crippen LogP contribution in [0.4, 0.5) is 0 Å². The number of para-hydroxylation sites is 1. The topological polar surface area (TPSA) is 21.3 Å². The summed E-state index contributed by atoms with van der Waals surface area (Å²) in [7, 11) is 0. The van der Waals surface area contributed by atoms with Crippen molar-refractivity contribution in [2.45, 2.75) is 57.6 Å². The molecule has 2 rings (SSSR count). The standard InChI is InChI=1S/C16H24ClNO/c1-2-18-14-10-5-3-4-6-12-16(14)19-15-11-8-7-9-13(15)17/h7-9,11,14,16,18H,2-6,10,12H2,1H3. The molecule has 19 heavy (non-hydrogen) atoms. The molecule has 0 aliphatic heterocycles. The Labute approximate surface area is 121 Å². The third-order valence-corrected chi connectivity index (χ3v) is 4.10. The van der Waals surface area contributed by atoms with Crippen LogP contribution in [0.5, 0.6) is 5.75 Å². The Bertz CT molecular complexity index is 383. The number of likely N-dealkylation sites (N-methyl/N-ethyl adjacent to an activating group) is 1. The molecule has 1 aliphatic rings. The van der Waals surface area contributed by atoms with Crippen molar-refractivity contribution in [2.24, 2.45) is 0 Å². The minimum Gasteiger partial charge on any atom is -0.487 e. The third-order valence-electron chi connectivity index (χ3n) is 3.78. The Morgan fingerprint density at radius 2 is 1.89 bits per heavy atom. The molecule has 2 atom stereocenters. The van der Waals surface area contributed by atoms with Crippen LogP contribution in [0.3, 0.4) is 0 Å². The molecule has 2 nitrogen and oxygen atoms in total. The van der Waals surface area contributed by atoms with E-state index in [4.69, 9.17) is 16.3 Å². The van der Waals surface area contributed by atoms with Crippen molar-refractivity contribution in [1.82, 2.24) is 5.32 Å². The molecule has 1 aromatic rings. The van der Waals surface area contributed by atoms with E-state index in [0.717, 1.165) is 18.7 Å². The van der Waals surface area contributed by atoms with Gasteiger partial charge in [0, 0.05) is 6.04 Å². The highest BCUT2D eigenvalue weighted by Crippen LogP contribution is 2.28. The lowest BCUT2D eigenvalue weighted by Crippen LogP contribution is -2.43. The first kappa shape index (κ1) is 14.7. The summed E-state index contributed by atoms with van der Waals surface area (Å²) in [5.41, 5.74) is 0. The second-order valence-corrected chi connectivity index (χ2v) is 5.65. The zero-order valence-electron chi connectivity index (χ0n) is 11.7. The molecule has 1 aromatic carbocycles. The van der Waals surface area contributed by atoms with Gasteiger partial charge in [-0.2, -0.15) is 0 Å². The molecule has 1 aliphatic carbocycles. The van der Waals surface area contributed by atoms with Gasteiger partial charge in [0.15, 0.2) is 0 Å². The quantitative estimate of drug-likeness (QED) is 0.882. The maximum Gasteiger partial charge on any atom is 0.138 e. The van der Waals surface area contributed by atoms with Crippen LogP contribution in [0.1, 0.15) is 45.4 Å². The maximum atomic E-state index is 6.20. The average molecular weight is 282 g/mol. The summed E-state index contributed by atoms with van der Waals surface area (Å²) in [6, 6.07) is 8.22. The number of hydrogen-bond acceptors (Lipinski definition) is 2. The van der Waals surface area contributed by atoms with Crippen molar-refractivity contribution in [3.8, 4) is 5.75 Å². The predicted molar refractivity (Wildman–Crippen MR) is 81.0 cm³/mol. The molecule has 0 saturated heterocycles. The SMILES string of the molecule is CCNC1CCCCCCC1Oc1ccccc1Cl. The summed E-state index contributed by atoms with van der Waals surface area (Å²) in [5, 5.41) is 4.28. The van der Waals surface area contributed by atoms with Gasteiger partial charge in [-0.1, -0.05) is 49.9 Å². The molecular weight excluding hydrogens is 258 g/mol. The summed E-state index contributed by atoms with van der Waals surface area (Å²) in [6.07, 6.45) is 7.75. The second kappa shape index (κ2) is 7.76. The van der Waals surface area contributed by atoms with Crippen molar-refractivity contribution < 1.29 is 4.74 Å². The van der Waals surface area contributed by atoms with Crippen molar-refractivity contribution in [3.63, 3.8) is 0 Å². The van der Waals surface area contributed by atoms with Crippen LogP contribution in [0, 0.1) is 0 Å². The molecule has 0 aromatic heterocycles. The number of halogens is 1. The van der Waals surface area contributed by atoms with Gasteiger partial charge in [0.25, 0.3) is 0 Å². The second-order valence-electron chi connectivity index (χ2n) is 5.24. The van der Waals surface area contributed by atoms with Gasteiger partial charge in [-0.15, -0.1) is 0 Å². The van der Waals surface area contributed by atoms with Crippen LogP contribution in [0.25, 0.3) is 0 Å². The number of hydrogen-bond donors (Lipinski definition) is 1. The predicted octanol–water partition coefficient (Wildman–Crippen LogP) is 4.42. The fourth-order valence-electron chi connectivity index (χ4n) is 2.79. The fraction of sp³-hybridized carbons (Fsp3) is 0.625. The van der Waals surface area contributed by atoms with Crippen LogP contribution in [-0.2, 0) is 0 Å². The van der Waals surface area contributed by atoms with Gasteiger partial charge in [-0.25, -0.2) is 0 Å². The molecule has 2 unspecified atom stereocenters. The van der Waals surface area contributed by atoms with Gasteiger partial charge in [-0.05, 0) is 37.9 Å². The number of nitrogens with one attached hydrogen (secondary N) is 1. The van der Waals surface area contributed by atoms with Gasteiger partial charge < -0.3 is 10.1 Å². The Hall–Kier alpha value is -0.730. The summed E-state index contributed by atoms with van der Waals surface area (Å²) < 4.78 is 6.19. The number of ether oxygens (including phenoxy) is 1. The summed E-state index contributed by atoms with van der Waals surface area (Å²) in [6.45, 7) is 3.15. The molecule has 1 saturated carbocycles. The van der Waals surface area contributed by atoms with Crippen LogP contribution in [0.15, 0.2) is 24.3 Å². The van der Waals surface area contributed by atoms with Crippen molar-refractivity contribution in [1.29, 1.82) is 0 Å². The molecule has 1 fully saturated rings. The molecule has 0 bridgehead atoms. The molecule has 0 heterocycles. The first-order valence-corrected chi connectivity index (χ1v) is 7.83. The first-order chi connectivity index (χ1) is 9.31. The zero-order valence-corrected chi connectivity index (χ0v) is 12.5. The van der Waals surface area contributed by atoms with Crippen molar-refractivity contribution >= 4 is 11.6 Å². The summed E-state index contributed by atoms with van der Waals surface area (Å²) >= 11 is 6.20. The van der Waals surface area contributed by atoms with Gasteiger partial charge >= 0.3 is 0 Å². The van der Waals surface area contributed by atoms with E-state index in [-0.39, 0.29) is 6.10 Å². The summed E-state index contributed by atoms with van der Waals surface area (Å²) in [4.78, 5) is 0. The van der Waals surface area contributed by atoms with E-state index >= 15 is 0 Å². The van der Waals surface area contributed by atoms with Crippen molar-refractivity contribution in [3.05, 3.63) is 29.3 Å². The number of rotatable bonds is 4. The van der Waals surface area contributed by atoms with Crippen LogP contribution in [0.2, 0.25) is 5.02 Å². The van der Waals surface area contributed by atoms with E-state index in [2.05, 4.69) is 12.2 Å². The normalized spacial score (nSPS) is 24.5. The average Bonchev–Trinajstić information content (AvgIpc) is 2.39. The van der Waals surface area contributed by atoms with Crippen LogP contribution in [-0.4, -0.2) is 18.7 Å². The number of benzene rings is 1. The molecule has 1 N–H and O–H groups in total. The van der Waals surface area contributed by atoms with E-state index in [0.29, 0.717) is 11.1 Å². The smallest absolute Gasteiger partial charge is 0.138 e. The Kier molecular flexibility index (Phi) is 5.99. The molecule has 106 valence electrons. The van der Waals surface area contributed by atoms with E-state index in [1.54, 1.807) is 0 Å². The highest BCUT2D eigenvalue weighted by molar-refractivity contribution is 6.32. The molecule has 3 heteroatoms. The minimum absolute atomic E-state index is 0.236. The molecule has 0 radical (unpaired) electrons. The Morgan fingerprint density at radius 1 is 1.16 bits per heavy atom. The lowest BCUT2D eigenvalue weighted by atomic mass is 9.94. The highest BCUT2D eigenvalue weighted by Gasteiger charge is 2.24. The van der Waals surface area contributed by atoms with Crippen LogP contribution >= 0.6 is 11.6 Å². The fourth-order valence-corrected chi connectivity index (χ4v) is 2.97. The van der Waals surface area contributed by atoms with Gasteiger partial charge in [-0.3, -0.25) is 0 Å². The first-order valence-electron chi connectivity index (χ1n) is 7.46. The molecular formula is C16H24ClNO. The highest BCUT2D eigenvalue weighted by atomic mass is 35.5. The monoisotopic (exact) mass is 281 g/mol. The van der Waals surface area contributed by atoms with E-state index < -0.39 is 0 Å². The van der Waals surface area contributed by atoms with E-state index in [9.17, 15) is 0 Å². The van der Waals surface area contributed by atoms with Gasteiger partial charge in [0.1, 0.15) is 11.9 Å². The van der Waals surface area contributed by atoms with Gasteiger partial charge in [0.05, 0.1) is 5.02 Å². The minimum atomic E-state index is 0.236. The third kappa shape index (κ3) is 4.39. The molecule has 0 amide bonds. The molecule has 0 spiro atoms. The Balaban J connectivity index is 2.06. The zero-order chi connectivity index (χ0) is 13.5. The lowest BCUT2D eigenvalue weighted by Gasteiger charge is -2.30. The van der Waals surface area contributed by atoms with Crippen LogP contribution < -0.4 is 10.1 Å². The lowest BCUT2D eigenvalue weighted by molar-refractivity contribution is 0.128. The maximum absolute atomic E-state index is 6.20. The largest absolute Gasteiger partial charge is 0.487 e. The van der Waals surface area contributed by atoms with Gasteiger partial charge in [0.2, 0.25) is 0 Å². The van der Waals surface area contributed by atoms with E-state index in [1.807, 2.05) is 24.3 Å². The van der Waals surface area contributed by atoms with Crippen molar-refractivity contribution in [2.75, 3.05) is 6.54 Å².